The highest BCUT2D eigenvalue weighted by atomic mass is 79.9. The Morgan fingerprint density at radius 3 is 2.67 bits per heavy atom. The fourth-order valence-electron chi connectivity index (χ4n) is 1.68. The van der Waals surface area contributed by atoms with E-state index >= 15 is 0 Å². The molecule has 2 aromatic heterocycles. The number of rotatable bonds is 4. The number of halogens is 1. The zero-order valence-electron chi connectivity index (χ0n) is 10.5. The smallest absolute Gasteiger partial charge is 0.168 e. The first-order valence-electron chi connectivity index (χ1n) is 5.46. The summed E-state index contributed by atoms with van der Waals surface area (Å²) in [5.74, 6) is 0.785. The van der Waals surface area contributed by atoms with Crippen molar-refractivity contribution in [3.8, 4) is 0 Å². The number of aliphatic hydroxyl groups is 1. The van der Waals surface area contributed by atoms with Crippen molar-refractivity contribution >= 4 is 27.7 Å². The molecule has 0 aliphatic heterocycles. The van der Waals surface area contributed by atoms with Gasteiger partial charge < -0.3 is 9.67 Å². The molecule has 0 aliphatic rings. The molecule has 0 radical (unpaired) electrons. The highest BCUT2D eigenvalue weighted by Crippen LogP contribution is 2.28. The van der Waals surface area contributed by atoms with Gasteiger partial charge in [-0.2, -0.15) is 5.10 Å². The van der Waals surface area contributed by atoms with Crippen LogP contribution in [0.4, 0.5) is 0 Å². The maximum Gasteiger partial charge on any atom is 0.168 e. The van der Waals surface area contributed by atoms with Crippen LogP contribution in [0.1, 0.15) is 17.1 Å². The summed E-state index contributed by atoms with van der Waals surface area (Å²) in [6.45, 7) is 1.99. The van der Waals surface area contributed by atoms with Crippen LogP contribution in [-0.2, 0) is 26.5 Å². The lowest BCUT2D eigenvalue weighted by Crippen LogP contribution is -2.00. The Balaban J connectivity index is 2.14. The van der Waals surface area contributed by atoms with E-state index in [0.717, 1.165) is 32.5 Å². The third-order valence-electron chi connectivity index (χ3n) is 2.80. The van der Waals surface area contributed by atoms with Gasteiger partial charge in [0.25, 0.3) is 0 Å². The molecular weight excluding hydrogens is 316 g/mol. The first-order chi connectivity index (χ1) is 8.54. The molecule has 18 heavy (non-hydrogen) atoms. The SMILES string of the molecule is Cc1nn(C)c(CSc2ncc(CO)n2C)c1Br. The summed E-state index contributed by atoms with van der Waals surface area (Å²) in [5, 5.41) is 14.4. The predicted molar refractivity (Wildman–Crippen MR) is 74.3 cm³/mol. The van der Waals surface area contributed by atoms with Crippen LogP contribution in [0.2, 0.25) is 0 Å². The quantitative estimate of drug-likeness (QED) is 0.871. The van der Waals surface area contributed by atoms with Gasteiger partial charge in [0.05, 0.1) is 34.4 Å². The van der Waals surface area contributed by atoms with Crippen LogP contribution in [0.3, 0.4) is 0 Å². The Bertz CT molecular complexity index is 564. The predicted octanol–water partition coefficient (Wildman–Crippen LogP) is 2.01. The first kappa shape index (κ1) is 13.6. The van der Waals surface area contributed by atoms with Gasteiger partial charge in [0.15, 0.2) is 5.16 Å². The number of thioether (sulfide) groups is 1. The van der Waals surface area contributed by atoms with Gasteiger partial charge in [0.2, 0.25) is 0 Å². The number of hydrogen-bond acceptors (Lipinski definition) is 4. The van der Waals surface area contributed by atoms with Crippen LogP contribution in [0, 0.1) is 6.92 Å². The maximum atomic E-state index is 9.12. The molecule has 0 unspecified atom stereocenters. The molecule has 1 N–H and O–H groups in total. The summed E-state index contributed by atoms with van der Waals surface area (Å²) in [7, 11) is 3.84. The highest BCUT2D eigenvalue weighted by molar-refractivity contribution is 9.10. The summed E-state index contributed by atoms with van der Waals surface area (Å²) in [4.78, 5) is 4.29. The Labute approximate surface area is 118 Å². The maximum absolute atomic E-state index is 9.12. The molecule has 0 saturated carbocycles. The van der Waals surface area contributed by atoms with E-state index in [0.29, 0.717) is 0 Å². The molecule has 2 rings (SSSR count). The summed E-state index contributed by atoms with van der Waals surface area (Å²) < 4.78 is 4.83. The van der Waals surface area contributed by atoms with Crippen molar-refractivity contribution in [3.63, 3.8) is 0 Å². The number of imidazole rings is 1. The van der Waals surface area contributed by atoms with E-state index in [1.807, 2.05) is 30.3 Å². The molecule has 0 saturated heterocycles. The molecule has 0 spiro atoms. The van der Waals surface area contributed by atoms with Crippen molar-refractivity contribution in [2.45, 2.75) is 24.4 Å². The molecule has 0 amide bonds. The van der Waals surface area contributed by atoms with E-state index in [1.165, 1.54) is 0 Å². The number of aliphatic hydroxyl groups excluding tert-OH is 1. The third-order valence-corrected chi connectivity index (χ3v) is 4.89. The summed E-state index contributed by atoms with van der Waals surface area (Å²) in [5.41, 5.74) is 2.94. The second kappa shape index (κ2) is 5.46. The van der Waals surface area contributed by atoms with Crippen LogP contribution in [0.15, 0.2) is 15.8 Å². The van der Waals surface area contributed by atoms with Crippen LogP contribution in [-0.4, -0.2) is 24.4 Å². The third kappa shape index (κ3) is 2.48. The van der Waals surface area contributed by atoms with Crippen LogP contribution >= 0.6 is 27.7 Å². The first-order valence-corrected chi connectivity index (χ1v) is 7.24. The molecular formula is C11H15BrN4OS. The lowest BCUT2D eigenvalue weighted by Gasteiger charge is -2.05. The van der Waals surface area contributed by atoms with Crippen molar-refractivity contribution in [3.05, 3.63) is 27.8 Å². The number of nitrogens with zero attached hydrogens (tertiary/aromatic N) is 4. The topological polar surface area (TPSA) is 55.9 Å². The van der Waals surface area contributed by atoms with Gasteiger partial charge in [-0.1, -0.05) is 11.8 Å². The molecule has 0 aromatic carbocycles. The molecule has 5 nitrogen and oxygen atoms in total. The lowest BCUT2D eigenvalue weighted by atomic mass is 10.4. The molecule has 98 valence electrons. The number of hydrogen-bond donors (Lipinski definition) is 1. The van der Waals surface area contributed by atoms with Gasteiger partial charge in [-0.3, -0.25) is 4.68 Å². The molecule has 0 aliphatic carbocycles. The van der Waals surface area contributed by atoms with Gasteiger partial charge in [0, 0.05) is 19.8 Å². The van der Waals surface area contributed by atoms with E-state index in [-0.39, 0.29) is 6.61 Å². The van der Waals surface area contributed by atoms with Crippen molar-refractivity contribution in [1.82, 2.24) is 19.3 Å². The van der Waals surface area contributed by atoms with Gasteiger partial charge in [-0.05, 0) is 22.9 Å². The fraction of sp³-hybridized carbons (Fsp3) is 0.455. The molecule has 0 bridgehead atoms. The van der Waals surface area contributed by atoms with Crippen molar-refractivity contribution in [2.75, 3.05) is 0 Å². The van der Waals surface area contributed by atoms with Crippen molar-refractivity contribution < 1.29 is 5.11 Å². The summed E-state index contributed by atoms with van der Waals surface area (Å²) in [6, 6.07) is 0. The zero-order valence-corrected chi connectivity index (χ0v) is 12.9. The molecule has 2 aromatic rings. The summed E-state index contributed by atoms with van der Waals surface area (Å²) >= 11 is 5.18. The van der Waals surface area contributed by atoms with Crippen molar-refractivity contribution in [1.29, 1.82) is 0 Å². The van der Waals surface area contributed by atoms with Crippen LogP contribution < -0.4 is 0 Å². The molecule has 2 heterocycles. The van der Waals surface area contributed by atoms with E-state index in [4.69, 9.17) is 5.11 Å². The zero-order chi connectivity index (χ0) is 13.3. The normalized spacial score (nSPS) is 11.2. The largest absolute Gasteiger partial charge is 0.390 e. The Hall–Kier alpha value is -0.790. The van der Waals surface area contributed by atoms with Crippen LogP contribution in [0.25, 0.3) is 0 Å². The number of aryl methyl sites for hydroxylation is 2. The average molecular weight is 331 g/mol. The van der Waals surface area contributed by atoms with Gasteiger partial charge in [-0.25, -0.2) is 4.98 Å². The monoisotopic (exact) mass is 330 g/mol. The second-order valence-electron chi connectivity index (χ2n) is 4.01. The Morgan fingerprint density at radius 1 is 1.44 bits per heavy atom. The van der Waals surface area contributed by atoms with Gasteiger partial charge in [-0.15, -0.1) is 0 Å². The molecule has 7 heteroatoms. The Morgan fingerprint density at radius 2 is 2.17 bits per heavy atom. The second-order valence-corrected chi connectivity index (χ2v) is 5.74. The van der Waals surface area contributed by atoms with Gasteiger partial charge in [0.1, 0.15) is 0 Å². The molecule has 0 atom stereocenters. The average Bonchev–Trinajstić information content (AvgIpc) is 2.80. The fourth-order valence-corrected chi connectivity index (χ4v) is 3.37. The van der Waals surface area contributed by atoms with E-state index in [9.17, 15) is 0 Å². The van der Waals surface area contributed by atoms with Crippen LogP contribution in [0.5, 0.6) is 0 Å². The lowest BCUT2D eigenvalue weighted by molar-refractivity contribution is 0.271. The standard InChI is InChI=1S/C11H15BrN4OS/c1-7-10(12)9(16(3)14-7)6-18-11-13-4-8(5-17)15(11)2/h4,17H,5-6H2,1-3H3. The number of aromatic nitrogens is 4. The van der Waals surface area contributed by atoms with Crippen molar-refractivity contribution in [2.24, 2.45) is 14.1 Å². The molecule has 0 fully saturated rings. The van der Waals surface area contributed by atoms with E-state index < -0.39 is 0 Å². The minimum Gasteiger partial charge on any atom is -0.390 e. The van der Waals surface area contributed by atoms with E-state index in [1.54, 1.807) is 18.0 Å². The highest BCUT2D eigenvalue weighted by Gasteiger charge is 2.13. The Kier molecular flexibility index (Phi) is 4.14. The van der Waals surface area contributed by atoms with Gasteiger partial charge >= 0.3 is 0 Å². The minimum absolute atomic E-state index is 0.0125. The minimum atomic E-state index is 0.0125. The summed E-state index contributed by atoms with van der Waals surface area (Å²) in [6.07, 6.45) is 1.70. The van der Waals surface area contributed by atoms with E-state index in [2.05, 4.69) is 26.0 Å².